The van der Waals surface area contributed by atoms with Crippen molar-refractivity contribution in [1.29, 1.82) is 0 Å². The summed E-state index contributed by atoms with van der Waals surface area (Å²) in [6, 6.07) is 5.70. The maximum absolute atomic E-state index is 9.08. The summed E-state index contributed by atoms with van der Waals surface area (Å²) in [6.45, 7) is 5.92. The molecule has 1 heterocycles. The van der Waals surface area contributed by atoms with Crippen LogP contribution in [0.15, 0.2) is 36.9 Å². The summed E-state index contributed by atoms with van der Waals surface area (Å²) in [5.41, 5.74) is 3.73. The summed E-state index contributed by atoms with van der Waals surface area (Å²) in [7, 11) is 0. The van der Waals surface area contributed by atoms with Crippen molar-refractivity contribution < 1.29 is 5.11 Å². The van der Waals surface area contributed by atoms with E-state index in [1.54, 1.807) is 6.08 Å². The number of aliphatic hydroxyl groups excluding tert-OH is 1. The first-order valence-electron chi connectivity index (χ1n) is 5.71. The monoisotopic (exact) mass is 228 g/mol. The van der Waals surface area contributed by atoms with Gasteiger partial charge in [0.1, 0.15) is 5.82 Å². The third-order valence-electron chi connectivity index (χ3n) is 2.65. The molecule has 1 aromatic heterocycles. The van der Waals surface area contributed by atoms with Gasteiger partial charge in [0, 0.05) is 5.57 Å². The van der Waals surface area contributed by atoms with Gasteiger partial charge in [-0.15, -0.1) is 0 Å². The van der Waals surface area contributed by atoms with Crippen LogP contribution in [0.4, 0.5) is 0 Å². The number of nitrogens with one attached hydrogen (secondary N) is 1. The molecule has 0 saturated heterocycles. The number of hydrogen-bond acceptors (Lipinski definition) is 2. The molecule has 0 radical (unpaired) electrons. The van der Waals surface area contributed by atoms with Gasteiger partial charge in [-0.2, -0.15) is 0 Å². The number of aromatic nitrogens is 2. The summed E-state index contributed by atoms with van der Waals surface area (Å²) in [6.07, 6.45) is 4.83. The van der Waals surface area contributed by atoms with E-state index in [0.717, 1.165) is 34.4 Å². The minimum absolute atomic E-state index is 0.0450. The zero-order valence-corrected chi connectivity index (χ0v) is 9.90. The molecule has 0 aliphatic rings. The van der Waals surface area contributed by atoms with Gasteiger partial charge >= 0.3 is 0 Å². The van der Waals surface area contributed by atoms with Crippen molar-refractivity contribution in [2.24, 2.45) is 0 Å². The Balaban J connectivity index is 2.50. The highest BCUT2D eigenvalue weighted by molar-refractivity contribution is 5.81. The topological polar surface area (TPSA) is 48.9 Å². The van der Waals surface area contributed by atoms with E-state index in [1.807, 2.05) is 18.2 Å². The number of imidazole rings is 1. The molecule has 3 nitrogen and oxygen atoms in total. The third-order valence-corrected chi connectivity index (χ3v) is 2.65. The molecule has 0 fully saturated rings. The summed E-state index contributed by atoms with van der Waals surface area (Å²) < 4.78 is 0. The average molecular weight is 228 g/mol. The standard InChI is InChI=1S/C14H16N2O/c1-3-5-11(4-2)14-15-12-7-6-10(9-17)8-13(12)16-14/h4-8,17H,2-3,9H2,1H3,(H,15,16)/b11-5+. The van der Waals surface area contributed by atoms with Gasteiger partial charge in [-0.3, -0.25) is 0 Å². The molecule has 88 valence electrons. The smallest absolute Gasteiger partial charge is 0.138 e. The lowest BCUT2D eigenvalue weighted by Crippen LogP contribution is -1.83. The zero-order valence-electron chi connectivity index (χ0n) is 9.90. The van der Waals surface area contributed by atoms with Crippen LogP contribution in [0.25, 0.3) is 16.6 Å². The summed E-state index contributed by atoms with van der Waals surface area (Å²) in [4.78, 5) is 7.75. The third kappa shape index (κ3) is 2.29. The fourth-order valence-electron chi connectivity index (χ4n) is 1.79. The van der Waals surface area contributed by atoms with Crippen molar-refractivity contribution >= 4 is 16.6 Å². The molecule has 0 bridgehead atoms. The first-order valence-corrected chi connectivity index (χ1v) is 5.71. The Morgan fingerprint density at radius 3 is 3.00 bits per heavy atom. The highest BCUT2D eigenvalue weighted by atomic mass is 16.3. The van der Waals surface area contributed by atoms with Crippen LogP contribution in [-0.4, -0.2) is 15.1 Å². The molecular weight excluding hydrogens is 212 g/mol. The second-order valence-electron chi connectivity index (χ2n) is 3.87. The molecule has 2 aromatic rings. The first-order chi connectivity index (χ1) is 8.28. The number of H-pyrrole nitrogens is 1. The number of aliphatic hydroxyl groups is 1. The van der Waals surface area contributed by atoms with Crippen molar-refractivity contribution in [2.75, 3.05) is 0 Å². The van der Waals surface area contributed by atoms with Crippen LogP contribution in [0.5, 0.6) is 0 Å². The average Bonchev–Trinajstić information content (AvgIpc) is 2.78. The van der Waals surface area contributed by atoms with E-state index in [2.05, 4.69) is 29.5 Å². The molecule has 2 rings (SSSR count). The number of aromatic amines is 1. The molecule has 2 N–H and O–H groups in total. The lowest BCUT2D eigenvalue weighted by molar-refractivity contribution is 0.282. The number of rotatable bonds is 4. The molecule has 3 heteroatoms. The van der Waals surface area contributed by atoms with Gasteiger partial charge in [-0.05, 0) is 24.1 Å². The second-order valence-corrected chi connectivity index (χ2v) is 3.87. The Morgan fingerprint density at radius 1 is 1.53 bits per heavy atom. The fourth-order valence-corrected chi connectivity index (χ4v) is 1.79. The molecule has 0 aliphatic carbocycles. The lowest BCUT2D eigenvalue weighted by Gasteiger charge is -1.95. The zero-order chi connectivity index (χ0) is 12.3. The summed E-state index contributed by atoms with van der Waals surface area (Å²) >= 11 is 0. The molecule has 0 atom stereocenters. The van der Waals surface area contributed by atoms with Crippen molar-refractivity contribution in [3.63, 3.8) is 0 Å². The number of allylic oxidation sites excluding steroid dienone is 3. The summed E-state index contributed by atoms with van der Waals surface area (Å²) in [5, 5.41) is 9.08. The normalized spacial score (nSPS) is 12.0. The van der Waals surface area contributed by atoms with E-state index < -0.39 is 0 Å². The molecule has 1 aromatic carbocycles. The van der Waals surface area contributed by atoms with Crippen LogP contribution in [0, 0.1) is 0 Å². The fraction of sp³-hybridized carbons (Fsp3) is 0.214. The molecular formula is C14H16N2O. The SMILES string of the molecule is C=C/C(=C\CC)c1nc2ccc(CO)cc2[nH]1. The van der Waals surface area contributed by atoms with Gasteiger partial charge in [-0.1, -0.05) is 31.7 Å². The molecule has 0 spiro atoms. The van der Waals surface area contributed by atoms with Crippen molar-refractivity contribution in [3.8, 4) is 0 Å². The number of hydrogen-bond donors (Lipinski definition) is 2. The summed E-state index contributed by atoms with van der Waals surface area (Å²) in [5.74, 6) is 0.826. The second kappa shape index (κ2) is 4.97. The maximum atomic E-state index is 9.08. The van der Waals surface area contributed by atoms with Gasteiger partial charge in [0.25, 0.3) is 0 Å². The molecule has 0 amide bonds. The van der Waals surface area contributed by atoms with E-state index in [1.165, 1.54) is 0 Å². The van der Waals surface area contributed by atoms with Crippen LogP contribution in [0.1, 0.15) is 24.7 Å². The van der Waals surface area contributed by atoms with E-state index in [9.17, 15) is 0 Å². The van der Waals surface area contributed by atoms with Crippen LogP contribution >= 0.6 is 0 Å². The Labute approximate surface area is 101 Å². The van der Waals surface area contributed by atoms with Gasteiger partial charge in [-0.25, -0.2) is 4.98 Å². The van der Waals surface area contributed by atoms with Crippen LogP contribution in [0.3, 0.4) is 0 Å². The van der Waals surface area contributed by atoms with E-state index >= 15 is 0 Å². The van der Waals surface area contributed by atoms with Crippen LogP contribution < -0.4 is 0 Å². The first kappa shape index (κ1) is 11.6. The number of nitrogens with zero attached hydrogens (tertiary/aromatic N) is 1. The molecule has 0 saturated carbocycles. The molecule has 0 unspecified atom stereocenters. The van der Waals surface area contributed by atoms with Crippen molar-refractivity contribution in [3.05, 3.63) is 48.3 Å². The maximum Gasteiger partial charge on any atom is 0.138 e. The highest BCUT2D eigenvalue weighted by Gasteiger charge is 2.05. The molecule has 17 heavy (non-hydrogen) atoms. The number of fused-ring (bicyclic) bond motifs is 1. The highest BCUT2D eigenvalue weighted by Crippen LogP contribution is 2.19. The lowest BCUT2D eigenvalue weighted by atomic mass is 10.2. The van der Waals surface area contributed by atoms with E-state index in [-0.39, 0.29) is 6.61 Å². The van der Waals surface area contributed by atoms with Gasteiger partial charge in [0.2, 0.25) is 0 Å². The largest absolute Gasteiger partial charge is 0.392 e. The minimum Gasteiger partial charge on any atom is -0.392 e. The predicted octanol–water partition coefficient (Wildman–Crippen LogP) is 3.03. The van der Waals surface area contributed by atoms with Crippen molar-refractivity contribution in [2.45, 2.75) is 20.0 Å². The van der Waals surface area contributed by atoms with Crippen molar-refractivity contribution in [1.82, 2.24) is 9.97 Å². The van der Waals surface area contributed by atoms with Gasteiger partial charge in [0.05, 0.1) is 17.6 Å². The number of benzene rings is 1. The van der Waals surface area contributed by atoms with Crippen LogP contribution in [-0.2, 0) is 6.61 Å². The van der Waals surface area contributed by atoms with E-state index in [4.69, 9.17) is 5.11 Å². The van der Waals surface area contributed by atoms with Crippen LogP contribution in [0.2, 0.25) is 0 Å². The van der Waals surface area contributed by atoms with Gasteiger partial charge < -0.3 is 10.1 Å². The minimum atomic E-state index is 0.0450. The molecule has 0 aliphatic heterocycles. The van der Waals surface area contributed by atoms with E-state index in [0.29, 0.717) is 0 Å². The predicted molar refractivity (Wildman–Crippen MR) is 70.5 cm³/mol. The Morgan fingerprint density at radius 2 is 2.35 bits per heavy atom. The Bertz CT molecular complexity index is 567. The quantitative estimate of drug-likeness (QED) is 0.790. The Hall–Kier alpha value is -1.87. The Kier molecular flexibility index (Phi) is 3.40. The van der Waals surface area contributed by atoms with Gasteiger partial charge in [0.15, 0.2) is 0 Å².